The lowest BCUT2D eigenvalue weighted by Gasteiger charge is -2.24. The molecule has 2 atom stereocenters. The first-order chi connectivity index (χ1) is 20.5. The Morgan fingerprint density at radius 2 is 1.67 bits per heavy atom. The van der Waals surface area contributed by atoms with Crippen molar-refractivity contribution in [1.29, 1.82) is 0 Å². The first-order valence-corrected chi connectivity index (χ1v) is 14.0. The minimum Gasteiger partial charge on any atom is -0.359 e. The van der Waals surface area contributed by atoms with E-state index < -0.39 is 41.5 Å². The molecule has 3 N–H and O–H groups in total. The molecule has 4 rings (SSSR count). The van der Waals surface area contributed by atoms with Crippen LogP contribution in [-0.2, 0) is 22.2 Å². The van der Waals surface area contributed by atoms with E-state index in [0.29, 0.717) is 28.2 Å². The predicted molar refractivity (Wildman–Crippen MR) is 152 cm³/mol. The zero-order chi connectivity index (χ0) is 31.1. The van der Waals surface area contributed by atoms with Crippen LogP contribution in [0.4, 0.5) is 13.2 Å². The highest BCUT2D eigenvalue weighted by Gasteiger charge is 2.32. The second-order valence-electron chi connectivity index (χ2n) is 9.77. The molecular weight excluding hydrogens is 585 g/mol. The van der Waals surface area contributed by atoms with Crippen LogP contribution < -0.4 is 16.0 Å². The summed E-state index contributed by atoms with van der Waals surface area (Å²) in [7, 11) is 1.41. The van der Waals surface area contributed by atoms with E-state index in [9.17, 15) is 27.6 Å². The Morgan fingerprint density at radius 3 is 2.28 bits per heavy atom. The van der Waals surface area contributed by atoms with Gasteiger partial charge in [-0.15, -0.1) is 5.10 Å². The third kappa shape index (κ3) is 7.83. The standard InChI is InChI=1S/C29H29F3N6O4S/c1-16-24(25(42-37-16)26-17(2)36-38-43-26)28(41)34-21(14-9-18-7-5-4-6-8-18)27(40)35-22(15-23(39)33-3)19-10-12-20(13-11-19)29(30,31)32/h4-8,10-13,21-22H,9,14-15H2,1-3H3,(H,33,39)(H,34,41)(H,35,40)/t21-,22-/m1/s1. The van der Waals surface area contributed by atoms with Gasteiger partial charge in [0.25, 0.3) is 5.91 Å². The van der Waals surface area contributed by atoms with Gasteiger partial charge in [0.2, 0.25) is 11.8 Å². The van der Waals surface area contributed by atoms with Crippen molar-refractivity contribution in [3.05, 3.63) is 88.2 Å². The molecule has 0 saturated heterocycles. The molecule has 226 valence electrons. The molecule has 0 fully saturated rings. The smallest absolute Gasteiger partial charge is 0.359 e. The van der Waals surface area contributed by atoms with Crippen LogP contribution in [0.25, 0.3) is 10.6 Å². The normalized spacial score (nSPS) is 12.8. The Balaban J connectivity index is 1.61. The van der Waals surface area contributed by atoms with Gasteiger partial charge in [0, 0.05) is 7.05 Å². The number of aryl methyl sites for hydroxylation is 3. The highest BCUT2D eigenvalue weighted by atomic mass is 32.1. The number of amides is 3. The topological polar surface area (TPSA) is 139 Å². The highest BCUT2D eigenvalue weighted by molar-refractivity contribution is 7.09. The van der Waals surface area contributed by atoms with Crippen molar-refractivity contribution >= 4 is 29.3 Å². The number of carbonyl (C=O) groups is 3. The van der Waals surface area contributed by atoms with Gasteiger partial charge in [0.15, 0.2) is 5.76 Å². The van der Waals surface area contributed by atoms with Crippen LogP contribution in [0.3, 0.4) is 0 Å². The van der Waals surface area contributed by atoms with Crippen LogP contribution in [0, 0.1) is 13.8 Å². The summed E-state index contributed by atoms with van der Waals surface area (Å²) in [5, 5.41) is 15.9. The Morgan fingerprint density at radius 1 is 0.977 bits per heavy atom. The summed E-state index contributed by atoms with van der Waals surface area (Å²) < 4.78 is 48.7. The quantitative estimate of drug-likeness (QED) is 0.225. The number of aromatic nitrogens is 3. The molecule has 0 bridgehead atoms. The number of benzene rings is 2. The minimum atomic E-state index is -4.54. The molecule has 2 aromatic heterocycles. The molecule has 0 aliphatic carbocycles. The van der Waals surface area contributed by atoms with Gasteiger partial charge < -0.3 is 20.5 Å². The summed E-state index contributed by atoms with van der Waals surface area (Å²) in [5.74, 6) is -1.50. The molecule has 3 amide bonds. The summed E-state index contributed by atoms with van der Waals surface area (Å²) in [6, 6.07) is 11.5. The second kappa shape index (κ2) is 13.6. The van der Waals surface area contributed by atoms with Crippen LogP contribution in [0.5, 0.6) is 0 Å². The average Bonchev–Trinajstić information content (AvgIpc) is 3.59. The third-order valence-electron chi connectivity index (χ3n) is 6.76. The van der Waals surface area contributed by atoms with Crippen molar-refractivity contribution in [2.24, 2.45) is 0 Å². The van der Waals surface area contributed by atoms with Gasteiger partial charge in [-0.05, 0) is 61.5 Å². The molecular formula is C29H29F3N6O4S. The predicted octanol–water partition coefficient (Wildman–Crippen LogP) is 4.55. The fourth-order valence-corrected chi connectivity index (χ4v) is 5.04. The van der Waals surface area contributed by atoms with Gasteiger partial charge in [0.1, 0.15) is 16.5 Å². The molecule has 0 unspecified atom stereocenters. The van der Waals surface area contributed by atoms with Crippen LogP contribution in [0.15, 0.2) is 59.1 Å². The summed E-state index contributed by atoms with van der Waals surface area (Å²) >= 11 is 1.03. The SMILES string of the molecule is CNC(=O)C[C@@H](NC(=O)[C@@H](CCc1ccccc1)NC(=O)c1c(C)noc1-c1snnc1C)c1ccc(C(F)(F)F)cc1. The van der Waals surface area contributed by atoms with E-state index in [1.165, 1.54) is 19.2 Å². The van der Waals surface area contributed by atoms with Crippen LogP contribution >= 0.6 is 11.5 Å². The zero-order valence-electron chi connectivity index (χ0n) is 23.5. The summed E-state index contributed by atoms with van der Waals surface area (Å²) in [4.78, 5) is 40.1. The molecule has 14 heteroatoms. The zero-order valence-corrected chi connectivity index (χ0v) is 24.3. The van der Waals surface area contributed by atoms with Crippen LogP contribution in [-0.4, -0.2) is 45.6 Å². The van der Waals surface area contributed by atoms with Gasteiger partial charge in [-0.1, -0.05) is 52.1 Å². The van der Waals surface area contributed by atoms with Gasteiger partial charge in [-0.3, -0.25) is 14.4 Å². The van der Waals surface area contributed by atoms with Crippen LogP contribution in [0.2, 0.25) is 0 Å². The van der Waals surface area contributed by atoms with Gasteiger partial charge in [-0.2, -0.15) is 13.2 Å². The Kier molecular flexibility index (Phi) is 9.91. The molecule has 10 nitrogen and oxygen atoms in total. The molecule has 2 aromatic carbocycles. The Bertz CT molecular complexity index is 1570. The number of carbonyl (C=O) groups excluding carboxylic acids is 3. The van der Waals surface area contributed by atoms with E-state index in [-0.39, 0.29) is 24.2 Å². The minimum absolute atomic E-state index is 0.122. The third-order valence-corrected chi connectivity index (χ3v) is 7.59. The van der Waals surface area contributed by atoms with Crippen molar-refractivity contribution in [2.45, 2.75) is 51.4 Å². The molecule has 2 heterocycles. The van der Waals surface area contributed by atoms with E-state index in [1.807, 2.05) is 30.3 Å². The maximum atomic E-state index is 13.7. The fraction of sp³-hybridized carbons (Fsp3) is 0.310. The number of hydrogen-bond acceptors (Lipinski definition) is 8. The lowest BCUT2D eigenvalue weighted by Crippen LogP contribution is -2.48. The molecule has 0 saturated carbocycles. The molecule has 4 aromatic rings. The van der Waals surface area contributed by atoms with Crippen molar-refractivity contribution in [2.75, 3.05) is 7.05 Å². The van der Waals surface area contributed by atoms with Gasteiger partial charge in [0.05, 0.1) is 29.4 Å². The Labute approximate surface area is 249 Å². The number of nitrogens with zero attached hydrogens (tertiary/aromatic N) is 3. The number of hydrogen-bond donors (Lipinski definition) is 3. The van der Waals surface area contributed by atoms with Gasteiger partial charge in [-0.25, -0.2) is 0 Å². The maximum absolute atomic E-state index is 13.7. The first kappa shape index (κ1) is 31.3. The van der Waals surface area contributed by atoms with Crippen molar-refractivity contribution in [1.82, 2.24) is 30.7 Å². The average molecular weight is 615 g/mol. The first-order valence-electron chi connectivity index (χ1n) is 13.3. The van der Waals surface area contributed by atoms with E-state index in [4.69, 9.17) is 4.52 Å². The second-order valence-corrected chi connectivity index (χ2v) is 10.5. The molecule has 0 aliphatic heterocycles. The van der Waals surface area contributed by atoms with Crippen molar-refractivity contribution < 1.29 is 32.1 Å². The van der Waals surface area contributed by atoms with E-state index >= 15 is 0 Å². The lowest BCUT2D eigenvalue weighted by atomic mass is 9.99. The monoisotopic (exact) mass is 614 g/mol. The number of rotatable bonds is 11. The van der Waals surface area contributed by atoms with Gasteiger partial charge >= 0.3 is 6.18 Å². The van der Waals surface area contributed by atoms with E-state index in [1.54, 1.807) is 13.8 Å². The van der Waals surface area contributed by atoms with Crippen molar-refractivity contribution in [3.63, 3.8) is 0 Å². The molecule has 0 aliphatic rings. The Hall–Kier alpha value is -4.59. The molecule has 0 spiro atoms. The lowest BCUT2D eigenvalue weighted by molar-refractivity contribution is -0.137. The molecule has 0 radical (unpaired) electrons. The summed E-state index contributed by atoms with van der Waals surface area (Å²) in [5.41, 5.74) is 1.32. The number of nitrogens with one attached hydrogen (secondary N) is 3. The number of halogens is 3. The van der Waals surface area contributed by atoms with E-state index in [0.717, 1.165) is 29.2 Å². The largest absolute Gasteiger partial charge is 0.416 e. The summed E-state index contributed by atoms with van der Waals surface area (Å²) in [6.07, 6.45) is -4.17. The van der Waals surface area contributed by atoms with Crippen LogP contribution in [0.1, 0.15) is 57.3 Å². The maximum Gasteiger partial charge on any atom is 0.416 e. The van der Waals surface area contributed by atoms with Crippen molar-refractivity contribution in [3.8, 4) is 10.6 Å². The highest BCUT2D eigenvalue weighted by Crippen LogP contribution is 2.32. The van der Waals surface area contributed by atoms with E-state index in [2.05, 4.69) is 30.7 Å². The fourth-order valence-electron chi connectivity index (χ4n) is 4.40. The number of alkyl halides is 3. The molecule has 43 heavy (non-hydrogen) atoms. The summed E-state index contributed by atoms with van der Waals surface area (Å²) in [6.45, 7) is 3.30.